The van der Waals surface area contributed by atoms with Crippen LogP contribution in [0.15, 0.2) is 67.0 Å². The lowest BCUT2D eigenvalue weighted by Crippen LogP contribution is -2.23. The molecule has 25 heavy (non-hydrogen) atoms. The highest BCUT2D eigenvalue weighted by Crippen LogP contribution is 2.29. The van der Waals surface area contributed by atoms with Crippen LogP contribution < -0.4 is 0 Å². The average Bonchev–Trinajstić information content (AvgIpc) is 3.27. The van der Waals surface area contributed by atoms with E-state index in [1.54, 1.807) is 0 Å². The number of hydrogen-bond acceptors (Lipinski definition) is 2. The number of nitrogens with zero attached hydrogens (tertiary/aromatic N) is 2. The van der Waals surface area contributed by atoms with Gasteiger partial charge in [-0.05, 0) is 42.8 Å². The van der Waals surface area contributed by atoms with Crippen LogP contribution in [0.2, 0.25) is 5.02 Å². The Labute approximate surface area is 153 Å². The molecule has 0 N–H and O–H groups in total. The van der Waals surface area contributed by atoms with Crippen molar-refractivity contribution in [1.82, 2.24) is 9.47 Å². The Kier molecular flexibility index (Phi) is 4.62. The Hall–Kier alpha value is -2.07. The van der Waals surface area contributed by atoms with Gasteiger partial charge in [-0.3, -0.25) is 4.90 Å². The lowest BCUT2D eigenvalue weighted by molar-refractivity contribution is 0.0288. The largest absolute Gasteiger partial charge is 0.357 e. The Morgan fingerprint density at radius 1 is 1.04 bits per heavy atom. The third-order valence-electron chi connectivity index (χ3n) is 4.62. The van der Waals surface area contributed by atoms with E-state index in [0.717, 1.165) is 30.4 Å². The average molecular weight is 353 g/mol. The molecule has 1 fully saturated rings. The third-order valence-corrected chi connectivity index (χ3v) is 4.87. The summed E-state index contributed by atoms with van der Waals surface area (Å²) in [6.07, 6.45) is 4.22. The van der Waals surface area contributed by atoms with Crippen molar-refractivity contribution in [1.29, 1.82) is 0 Å². The molecule has 0 saturated carbocycles. The molecule has 0 unspecified atom stereocenters. The highest BCUT2D eigenvalue weighted by molar-refractivity contribution is 6.30. The van der Waals surface area contributed by atoms with E-state index in [0.29, 0.717) is 0 Å². The van der Waals surface area contributed by atoms with Gasteiger partial charge in [0.2, 0.25) is 0 Å². The van der Waals surface area contributed by atoms with Crippen molar-refractivity contribution in [2.75, 3.05) is 13.2 Å². The van der Waals surface area contributed by atoms with E-state index in [1.165, 1.54) is 16.7 Å². The first-order valence-electron chi connectivity index (χ1n) is 8.54. The van der Waals surface area contributed by atoms with E-state index in [1.807, 2.05) is 24.3 Å². The molecule has 0 aliphatic carbocycles. The summed E-state index contributed by atoms with van der Waals surface area (Å²) < 4.78 is 8.12. The quantitative estimate of drug-likeness (QED) is 0.659. The van der Waals surface area contributed by atoms with Crippen molar-refractivity contribution in [2.24, 2.45) is 0 Å². The minimum absolute atomic E-state index is 0.00912. The molecule has 0 spiro atoms. The zero-order chi connectivity index (χ0) is 17.2. The molecule has 1 saturated heterocycles. The highest BCUT2D eigenvalue weighted by Gasteiger charge is 2.27. The van der Waals surface area contributed by atoms with Gasteiger partial charge in [0.1, 0.15) is 6.23 Å². The number of benzene rings is 2. The van der Waals surface area contributed by atoms with Crippen LogP contribution in [0.1, 0.15) is 22.9 Å². The molecule has 0 radical (unpaired) electrons. The SMILES string of the molecule is Cc1ccc(CN2CCO[C@@H]2c2ccn(-c3ccc(Cl)cc3)c2)cc1. The molecule has 1 aliphatic rings. The summed E-state index contributed by atoms with van der Waals surface area (Å²) in [5.74, 6) is 0. The van der Waals surface area contributed by atoms with Gasteiger partial charge in [-0.25, -0.2) is 0 Å². The number of aromatic nitrogens is 1. The summed E-state index contributed by atoms with van der Waals surface area (Å²) in [7, 11) is 0. The molecule has 4 heteroatoms. The molecule has 1 aliphatic heterocycles. The van der Waals surface area contributed by atoms with E-state index < -0.39 is 0 Å². The van der Waals surface area contributed by atoms with Crippen molar-refractivity contribution in [2.45, 2.75) is 19.7 Å². The molecule has 4 rings (SSSR count). The fourth-order valence-electron chi connectivity index (χ4n) is 3.23. The normalized spacial score (nSPS) is 17.9. The first-order valence-corrected chi connectivity index (χ1v) is 8.92. The number of hydrogen-bond donors (Lipinski definition) is 0. The van der Waals surface area contributed by atoms with E-state index >= 15 is 0 Å². The fourth-order valence-corrected chi connectivity index (χ4v) is 3.36. The van der Waals surface area contributed by atoms with Gasteiger partial charge >= 0.3 is 0 Å². The summed E-state index contributed by atoms with van der Waals surface area (Å²) in [6, 6.07) is 18.7. The second-order valence-corrected chi connectivity index (χ2v) is 6.94. The van der Waals surface area contributed by atoms with Crippen molar-refractivity contribution in [3.05, 3.63) is 88.7 Å². The molecule has 128 valence electrons. The zero-order valence-electron chi connectivity index (χ0n) is 14.2. The molecule has 3 aromatic rings. The third kappa shape index (κ3) is 3.64. The summed E-state index contributed by atoms with van der Waals surface area (Å²) in [4.78, 5) is 2.38. The number of ether oxygens (including phenoxy) is 1. The van der Waals surface area contributed by atoms with Crippen molar-refractivity contribution in [3.8, 4) is 5.69 Å². The Bertz CT molecular complexity index is 839. The maximum atomic E-state index is 6.01. The smallest absolute Gasteiger partial charge is 0.138 e. The summed E-state index contributed by atoms with van der Waals surface area (Å²) in [5, 5.41) is 0.750. The monoisotopic (exact) mass is 352 g/mol. The molecular formula is C21H21ClN2O. The lowest BCUT2D eigenvalue weighted by atomic mass is 10.1. The van der Waals surface area contributed by atoms with Gasteiger partial charge in [-0.15, -0.1) is 0 Å². The Morgan fingerprint density at radius 2 is 1.80 bits per heavy atom. The molecular weight excluding hydrogens is 332 g/mol. The minimum Gasteiger partial charge on any atom is -0.357 e. The topological polar surface area (TPSA) is 17.4 Å². The van der Waals surface area contributed by atoms with Crippen LogP contribution in [0.4, 0.5) is 0 Å². The van der Waals surface area contributed by atoms with Gasteiger partial charge in [-0.1, -0.05) is 41.4 Å². The van der Waals surface area contributed by atoms with Gasteiger partial charge in [0, 0.05) is 41.8 Å². The van der Waals surface area contributed by atoms with Gasteiger partial charge in [0.15, 0.2) is 0 Å². The van der Waals surface area contributed by atoms with Crippen LogP contribution in [0.3, 0.4) is 0 Å². The van der Waals surface area contributed by atoms with Crippen molar-refractivity contribution < 1.29 is 4.74 Å². The Balaban J connectivity index is 1.52. The fraction of sp³-hybridized carbons (Fsp3) is 0.238. The minimum atomic E-state index is 0.00912. The predicted octanol–water partition coefficient (Wildman–Crippen LogP) is 4.97. The Morgan fingerprint density at radius 3 is 2.56 bits per heavy atom. The van der Waals surface area contributed by atoms with Crippen LogP contribution in [-0.2, 0) is 11.3 Å². The first kappa shape index (κ1) is 16.4. The zero-order valence-corrected chi connectivity index (χ0v) is 15.0. The van der Waals surface area contributed by atoms with E-state index in [9.17, 15) is 0 Å². The predicted molar refractivity (Wildman–Crippen MR) is 101 cm³/mol. The van der Waals surface area contributed by atoms with Crippen molar-refractivity contribution in [3.63, 3.8) is 0 Å². The van der Waals surface area contributed by atoms with Crippen LogP contribution in [0.25, 0.3) is 5.69 Å². The standard InChI is InChI=1S/C21H21ClN2O/c1-16-2-4-17(5-3-16)14-24-12-13-25-21(24)18-10-11-23(15-18)20-8-6-19(22)7-9-20/h2-11,15,21H,12-14H2,1H3/t21-/m1/s1. The van der Waals surface area contributed by atoms with E-state index in [4.69, 9.17) is 16.3 Å². The maximum absolute atomic E-state index is 6.01. The number of aryl methyl sites for hydroxylation is 1. The summed E-state index contributed by atoms with van der Waals surface area (Å²) in [6.45, 7) is 4.73. The molecule has 2 heterocycles. The summed E-state index contributed by atoms with van der Waals surface area (Å²) >= 11 is 5.98. The van der Waals surface area contributed by atoms with Crippen molar-refractivity contribution >= 4 is 11.6 Å². The molecule has 1 atom stereocenters. The molecule has 2 aromatic carbocycles. The van der Waals surface area contributed by atoms with Crippen LogP contribution in [-0.4, -0.2) is 22.6 Å². The number of rotatable bonds is 4. The van der Waals surface area contributed by atoms with Crippen LogP contribution in [0, 0.1) is 6.92 Å². The molecule has 3 nitrogen and oxygen atoms in total. The first-order chi connectivity index (χ1) is 12.2. The van der Waals surface area contributed by atoms with Gasteiger partial charge in [0.25, 0.3) is 0 Å². The van der Waals surface area contributed by atoms with E-state index in [-0.39, 0.29) is 6.23 Å². The molecule has 0 bridgehead atoms. The molecule has 0 amide bonds. The second-order valence-electron chi connectivity index (χ2n) is 6.51. The second kappa shape index (κ2) is 7.04. The number of halogens is 1. The molecule has 1 aromatic heterocycles. The highest BCUT2D eigenvalue weighted by atomic mass is 35.5. The maximum Gasteiger partial charge on any atom is 0.138 e. The van der Waals surface area contributed by atoms with Gasteiger partial charge in [-0.2, -0.15) is 0 Å². The van der Waals surface area contributed by atoms with Crippen LogP contribution >= 0.6 is 11.6 Å². The lowest BCUT2D eigenvalue weighted by Gasteiger charge is -2.22. The summed E-state index contributed by atoms with van der Waals surface area (Å²) in [5.41, 5.74) is 4.88. The van der Waals surface area contributed by atoms with Gasteiger partial charge < -0.3 is 9.30 Å². The van der Waals surface area contributed by atoms with Crippen LogP contribution in [0.5, 0.6) is 0 Å². The van der Waals surface area contributed by atoms with Gasteiger partial charge in [0.05, 0.1) is 6.61 Å². The van der Waals surface area contributed by atoms with E-state index in [2.05, 4.69) is 59.1 Å².